The van der Waals surface area contributed by atoms with E-state index in [2.05, 4.69) is 5.10 Å². The summed E-state index contributed by atoms with van der Waals surface area (Å²) >= 11 is 0. The number of halogens is 3. The summed E-state index contributed by atoms with van der Waals surface area (Å²) in [6.07, 6.45) is -3.34. The molecule has 0 radical (unpaired) electrons. The van der Waals surface area contributed by atoms with Gasteiger partial charge in [0, 0.05) is 6.20 Å². The van der Waals surface area contributed by atoms with Crippen LogP contribution in [0.5, 0.6) is 5.75 Å². The lowest BCUT2D eigenvalue weighted by Gasteiger charge is -2.11. The van der Waals surface area contributed by atoms with Crippen molar-refractivity contribution in [3.63, 3.8) is 0 Å². The van der Waals surface area contributed by atoms with Gasteiger partial charge in [-0.25, -0.2) is 0 Å². The molecular weight excluding hydrogens is 288 g/mol. The molecule has 5 nitrogen and oxygen atoms in total. The standard InChI is InChI=1S/C12H12BF3N2O3/c1-21-9-2-3-10(13(19)20)8(6-9)7-18-5-4-11(17-18)12(14,15)16/h2-6,19-20H,7H2,1H3. The van der Waals surface area contributed by atoms with E-state index in [1.165, 1.54) is 31.5 Å². The van der Waals surface area contributed by atoms with E-state index in [1.807, 2.05) is 0 Å². The second kappa shape index (κ2) is 5.78. The van der Waals surface area contributed by atoms with Gasteiger partial charge < -0.3 is 14.8 Å². The van der Waals surface area contributed by atoms with E-state index in [4.69, 9.17) is 4.74 Å². The van der Waals surface area contributed by atoms with Crippen LogP contribution < -0.4 is 10.2 Å². The molecule has 112 valence electrons. The first-order chi connectivity index (χ1) is 9.81. The van der Waals surface area contributed by atoms with Crippen LogP contribution in [0.1, 0.15) is 11.3 Å². The third-order valence-corrected chi connectivity index (χ3v) is 2.89. The van der Waals surface area contributed by atoms with Crippen molar-refractivity contribution >= 4 is 12.6 Å². The van der Waals surface area contributed by atoms with Crippen LogP contribution in [0.3, 0.4) is 0 Å². The summed E-state index contributed by atoms with van der Waals surface area (Å²) in [5.74, 6) is 0.456. The molecule has 0 atom stereocenters. The molecule has 1 heterocycles. The molecule has 21 heavy (non-hydrogen) atoms. The zero-order valence-electron chi connectivity index (χ0n) is 11.0. The monoisotopic (exact) mass is 300 g/mol. The molecular formula is C12H12BF3N2O3. The first-order valence-electron chi connectivity index (χ1n) is 5.95. The first-order valence-corrected chi connectivity index (χ1v) is 5.95. The average molecular weight is 300 g/mol. The van der Waals surface area contributed by atoms with Crippen LogP contribution in [0.4, 0.5) is 13.2 Å². The molecule has 0 saturated carbocycles. The average Bonchev–Trinajstić information content (AvgIpc) is 2.86. The third kappa shape index (κ3) is 3.56. The molecule has 0 aliphatic heterocycles. The van der Waals surface area contributed by atoms with Crippen LogP contribution in [-0.2, 0) is 12.7 Å². The lowest BCUT2D eigenvalue weighted by molar-refractivity contribution is -0.141. The van der Waals surface area contributed by atoms with Gasteiger partial charge in [-0.05, 0) is 29.2 Å². The summed E-state index contributed by atoms with van der Waals surface area (Å²) in [6.45, 7) is -0.0414. The molecule has 0 fully saturated rings. The maximum absolute atomic E-state index is 12.5. The van der Waals surface area contributed by atoms with Gasteiger partial charge >= 0.3 is 13.3 Å². The minimum absolute atomic E-state index is 0.0414. The Balaban J connectivity index is 2.31. The number of hydrogen-bond donors (Lipinski definition) is 2. The van der Waals surface area contributed by atoms with Crippen molar-refractivity contribution in [1.29, 1.82) is 0 Å². The fourth-order valence-corrected chi connectivity index (χ4v) is 1.87. The Morgan fingerprint density at radius 2 is 2.00 bits per heavy atom. The quantitative estimate of drug-likeness (QED) is 0.813. The zero-order chi connectivity index (χ0) is 15.6. The SMILES string of the molecule is COc1ccc(B(O)O)c(Cn2ccc(C(F)(F)F)n2)c1. The second-order valence-electron chi connectivity index (χ2n) is 4.33. The van der Waals surface area contributed by atoms with E-state index >= 15 is 0 Å². The molecule has 0 aliphatic rings. The molecule has 1 aromatic heterocycles. The van der Waals surface area contributed by atoms with Crippen molar-refractivity contribution in [2.75, 3.05) is 7.11 Å². The third-order valence-electron chi connectivity index (χ3n) is 2.89. The van der Waals surface area contributed by atoms with Crippen LogP contribution in [0.2, 0.25) is 0 Å². The van der Waals surface area contributed by atoms with Gasteiger partial charge in [-0.2, -0.15) is 18.3 Å². The van der Waals surface area contributed by atoms with Gasteiger partial charge in [0.05, 0.1) is 13.7 Å². The largest absolute Gasteiger partial charge is 0.497 e. The summed E-state index contributed by atoms with van der Waals surface area (Å²) in [6, 6.07) is 5.34. The molecule has 9 heteroatoms. The van der Waals surface area contributed by atoms with Gasteiger partial charge in [0.25, 0.3) is 0 Å². The van der Waals surface area contributed by atoms with Gasteiger partial charge in [0.2, 0.25) is 0 Å². The lowest BCUT2D eigenvalue weighted by atomic mass is 9.77. The highest BCUT2D eigenvalue weighted by atomic mass is 19.4. The van der Waals surface area contributed by atoms with Gasteiger partial charge in [-0.3, -0.25) is 4.68 Å². The number of nitrogens with zero attached hydrogens (tertiary/aromatic N) is 2. The molecule has 0 amide bonds. The predicted molar refractivity (Wildman–Crippen MR) is 69.2 cm³/mol. The second-order valence-corrected chi connectivity index (χ2v) is 4.33. The lowest BCUT2D eigenvalue weighted by Crippen LogP contribution is -2.33. The highest BCUT2D eigenvalue weighted by Crippen LogP contribution is 2.27. The normalized spacial score (nSPS) is 11.5. The van der Waals surface area contributed by atoms with Gasteiger partial charge in [0.15, 0.2) is 5.69 Å². The van der Waals surface area contributed by atoms with Crippen molar-refractivity contribution in [3.8, 4) is 5.75 Å². The molecule has 0 spiro atoms. The van der Waals surface area contributed by atoms with Crippen molar-refractivity contribution < 1.29 is 28.0 Å². The molecule has 2 aromatic rings. The van der Waals surface area contributed by atoms with E-state index in [-0.39, 0.29) is 12.0 Å². The van der Waals surface area contributed by atoms with Crippen molar-refractivity contribution in [2.45, 2.75) is 12.7 Å². The molecule has 2 rings (SSSR count). The van der Waals surface area contributed by atoms with Gasteiger partial charge in [-0.15, -0.1) is 0 Å². The van der Waals surface area contributed by atoms with Crippen LogP contribution in [0.15, 0.2) is 30.5 Å². The summed E-state index contributed by atoms with van der Waals surface area (Å²) < 4.78 is 43.6. The minimum Gasteiger partial charge on any atom is -0.497 e. The maximum Gasteiger partial charge on any atom is 0.488 e. The Labute approximate surface area is 118 Å². The molecule has 0 unspecified atom stereocenters. The molecule has 0 aliphatic carbocycles. The van der Waals surface area contributed by atoms with Gasteiger partial charge in [-0.1, -0.05) is 6.07 Å². The zero-order valence-corrected chi connectivity index (χ0v) is 11.0. The van der Waals surface area contributed by atoms with Crippen molar-refractivity contribution in [3.05, 3.63) is 41.7 Å². The van der Waals surface area contributed by atoms with Crippen LogP contribution in [-0.4, -0.2) is 34.1 Å². The van der Waals surface area contributed by atoms with E-state index in [9.17, 15) is 23.2 Å². The number of ether oxygens (including phenoxy) is 1. The minimum atomic E-state index is -4.51. The predicted octanol–water partition coefficient (Wildman–Crippen LogP) is 0.639. The Hall–Kier alpha value is -2.00. The van der Waals surface area contributed by atoms with Crippen LogP contribution in [0, 0.1) is 0 Å². The summed E-state index contributed by atoms with van der Waals surface area (Å²) in [5, 5.41) is 22.0. The van der Waals surface area contributed by atoms with Crippen LogP contribution >= 0.6 is 0 Å². The number of hydrogen-bond acceptors (Lipinski definition) is 4. The number of benzene rings is 1. The first kappa shape index (κ1) is 15.4. The van der Waals surface area contributed by atoms with E-state index in [1.54, 1.807) is 0 Å². The summed E-state index contributed by atoms with van der Waals surface area (Å²) in [4.78, 5) is 0. The molecule has 0 saturated heterocycles. The smallest absolute Gasteiger partial charge is 0.488 e. The highest BCUT2D eigenvalue weighted by Gasteiger charge is 2.33. The number of rotatable bonds is 4. The highest BCUT2D eigenvalue weighted by molar-refractivity contribution is 6.59. The number of aromatic nitrogens is 2. The fraction of sp³-hybridized carbons (Fsp3) is 0.250. The summed E-state index contributed by atoms with van der Waals surface area (Å²) in [5.41, 5.74) is -0.419. The van der Waals surface area contributed by atoms with Crippen molar-refractivity contribution in [1.82, 2.24) is 9.78 Å². The Kier molecular flexibility index (Phi) is 4.24. The Bertz CT molecular complexity index is 628. The molecule has 1 aromatic carbocycles. The Morgan fingerprint density at radius 1 is 1.29 bits per heavy atom. The number of methoxy groups -OCH3 is 1. The fourth-order valence-electron chi connectivity index (χ4n) is 1.87. The van der Waals surface area contributed by atoms with E-state index < -0.39 is 19.0 Å². The molecule has 0 bridgehead atoms. The Morgan fingerprint density at radius 3 is 2.52 bits per heavy atom. The number of alkyl halides is 3. The maximum atomic E-state index is 12.5. The van der Waals surface area contributed by atoms with E-state index in [0.29, 0.717) is 11.3 Å². The molecule has 2 N–H and O–H groups in total. The van der Waals surface area contributed by atoms with Crippen LogP contribution in [0.25, 0.3) is 0 Å². The topological polar surface area (TPSA) is 67.5 Å². The van der Waals surface area contributed by atoms with Gasteiger partial charge in [0.1, 0.15) is 5.75 Å². The van der Waals surface area contributed by atoms with E-state index in [0.717, 1.165) is 10.7 Å². The summed E-state index contributed by atoms with van der Waals surface area (Å²) in [7, 11) is -0.298. The van der Waals surface area contributed by atoms with Crippen molar-refractivity contribution in [2.24, 2.45) is 0 Å².